The number of carbonyl (C=O) groups excluding carboxylic acids is 1. The van der Waals surface area contributed by atoms with Crippen LogP contribution >= 0.6 is 11.6 Å². The number of halogens is 2. The zero-order valence-electron chi connectivity index (χ0n) is 16.2. The number of sulfone groups is 1. The van der Waals surface area contributed by atoms with Gasteiger partial charge in [0.2, 0.25) is 9.84 Å². The van der Waals surface area contributed by atoms with Gasteiger partial charge in [-0.1, -0.05) is 29.8 Å². The summed E-state index contributed by atoms with van der Waals surface area (Å²) in [7, 11) is -4.14. The number of benzene rings is 2. The van der Waals surface area contributed by atoms with E-state index in [4.69, 9.17) is 16.0 Å². The Hall–Kier alpha value is -3.23. The maximum atomic E-state index is 14.4. The Morgan fingerprint density at radius 2 is 1.90 bits per heavy atom. The monoisotopic (exact) mass is 458 g/mol. The van der Waals surface area contributed by atoms with E-state index in [1.54, 1.807) is 18.3 Å². The Morgan fingerprint density at radius 1 is 1.16 bits per heavy atom. The van der Waals surface area contributed by atoms with Crippen molar-refractivity contribution in [2.75, 3.05) is 0 Å². The second-order valence-electron chi connectivity index (χ2n) is 6.86. The van der Waals surface area contributed by atoms with Gasteiger partial charge < -0.3 is 9.73 Å². The zero-order valence-corrected chi connectivity index (χ0v) is 17.8. The van der Waals surface area contributed by atoms with Crippen LogP contribution in [0, 0.1) is 12.7 Å². The van der Waals surface area contributed by atoms with Crippen LogP contribution in [0.1, 0.15) is 21.7 Å². The summed E-state index contributed by atoms with van der Waals surface area (Å²) >= 11 is 5.96. The predicted octanol–water partition coefficient (Wildman–Crippen LogP) is 4.69. The molecule has 0 atom stereocenters. The molecule has 0 radical (unpaired) electrons. The van der Waals surface area contributed by atoms with E-state index < -0.39 is 26.5 Å². The molecule has 0 aliphatic carbocycles. The fourth-order valence-corrected chi connectivity index (χ4v) is 4.95. The lowest BCUT2D eigenvalue weighted by Crippen LogP contribution is -2.22. The molecule has 31 heavy (non-hydrogen) atoms. The Morgan fingerprint density at radius 3 is 2.61 bits per heavy atom. The van der Waals surface area contributed by atoms with Crippen LogP contribution in [0.2, 0.25) is 5.02 Å². The van der Waals surface area contributed by atoms with Crippen molar-refractivity contribution >= 4 is 38.3 Å². The van der Waals surface area contributed by atoms with Crippen LogP contribution in [0.4, 0.5) is 4.39 Å². The highest BCUT2D eigenvalue weighted by Gasteiger charge is 2.26. The lowest BCUT2D eigenvalue weighted by molar-refractivity contribution is 0.0925. The van der Waals surface area contributed by atoms with Gasteiger partial charge in [-0.15, -0.1) is 0 Å². The van der Waals surface area contributed by atoms with Crippen LogP contribution < -0.4 is 5.32 Å². The third-order valence-corrected chi connectivity index (χ3v) is 7.00. The molecule has 4 rings (SSSR count). The molecule has 0 saturated carbocycles. The molecule has 1 N–H and O–H groups in total. The maximum absolute atomic E-state index is 14.4. The molecular weight excluding hydrogens is 443 g/mol. The van der Waals surface area contributed by atoms with E-state index in [2.05, 4.69) is 10.3 Å². The smallest absolute Gasteiger partial charge is 0.287 e. The number of nitrogens with one attached hydrogen (secondary N) is 1. The van der Waals surface area contributed by atoms with E-state index in [0.717, 1.165) is 5.39 Å². The summed E-state index contributed by atoms with van der Waals surface area (Å²) in [5.74, 6) is -1.14. The van der Waals surface area contributed by atoms with Gasteiger partial charge in [-0.3, -0.25) is 9.78 Å². The fourth-order valence-electron chi connectivity index (χ4n) is 3.05. The normalized spacial score (nSPS) is 11.6. The molecule has 0 unspecified atom stereocenters. The first-order valence-electron chi connectivity index (χ1n) is 9.18. The summed E-state index contributed by atoms with van der Waals surface area (Å²) in [5.41, 5.74) is 1.34. The Labute approximate surface area is 182 Å². The van der Waals surface area contributed by atoms with Crippen molar-refractivity contribution in [2.24, 2.45) is 0 Å². The Balaban J connectivity index is 1.50. The number of aromatic nitrogens is 1. The van der Waals surface area contributed by atoms with Crippen LogP contribution in [-0.4, -0.2) is 19.3 Å². The third kappa shape index (κ3) is 4.04. The van der Waals surface area contributed by atoms with Gasteiger partial charge in [-0.25, -0.2) is 12.8 Å². The van der Waals surface area contributed by atoms with Gasteiger partial charge in [-0.2, -0.15) is 0 Å². The minimum absolute atomic E-state index is 0.0984. The lowest BCUT2D eigenvalue weighted by Gasteiger charge is -2.10. The number of hydrogen-bond donors (Lipinski definition) is 1. The zero-order chi connectivity index (χ0) is 22.2. The minimum Gasteiger partial charge on any atom is -0.449 e. The first-order chi connectivity index (χ1) is 14.8. The number of aryl methyl sites for hydroxylation is 1. The van der Waals surface area contributed by atoms with Crippen LogP contribution in [0.3, 0.4) is 0 Å². The van der Waals surface area contributed by atoms with Crippen molar-refractivity contribution in [1.29, 1.82) is 0 Å². The maximum Gasteiger partial charge on any atom is 0.287 e. The molecule has 0 aliphatic rings. The highest BCUT2D eigenvalue weighted by Crippen LogP contribution is 2.31. The summed E-state index contributed by atoms with van der Waals surface area (Å²) in [5, 5.41) is 3.29. The van der Waals surface area contributed by atoms with Gasteiger partial charge in [0.1, 0.15) is 10.7 Å². The van der Waals surface area contributed by atoms with E-state index in [1.807, 2.05) is 0 Å². The molecule has 4 aromatic rings. The van der Waals surface area contributed by atoms with Gasteiger partial charge >= 0.3 is 0 Å². The number of pyridine rings is 1. The van der Waals surface area contributed by atoms with Crippen LogP contribution in [0.15, 0.2) is 75.1 Å². The van der Waals surface area contributed by atoms with Crippen molar-refractivity contribution < 1.29 is 22.0 Å². The highest BCUT2D eigenvalue weighted by atomic mass is 35.5. The number of rotatable bonds is 5. The summed E-state index contributed by atoms with van der Waals surface area (Å²) in [6.45, 7) is 1.61. The first kappa shape index (κ1) is 21.0. The second kappa shape index (κ2) is 8.13. The molecule has 158 valence electrons. The van der Waals surface area contributed by atoms with Crippen molar-refractivity contribution in [1.82, 2.24) is 10.3 Å². The van der Waals surface area contributed by atoms with E-state index in [9.17, 15) is 17.6 Å². The largest absolute Gasteiger partial charge is 0.449 e. The van der Waals surface area contributed by atoms with E-state index in [0.29, 0.717) is 11.1 Å². The molecular formula is C22H16ClFN2O4S. The summed E-state index contributed by atoms with van der Waals surface area (Å²) in [4.78, 5) is 15.6. The van der Waals surface area contributed by atoms with Gasteiger partial charge in [0.05, 0.1) is 16.1 Å². The van der Waals surface area contributed by atoms with Crippen molar-refractivity contribution in [3.05, 3.63) is 88.7 Å². The van der Waals surface area contributed by atoms with E-state index in [-0.39, 0.29) is 27.8 Å². The Kier molecular flexibility index (Phi) is 5.51. The molecule has 0 spiro atoms. The second-order valence-corrected chi connectivity index (χ2v) is 9.16. The molecule has 0 saturated heterocycles. The van der Waals surface area contributed by atoms with Crippen molar-refractivity contribution in [3.8, 4) is 0 Å². The van der Waals surface area contributed by atoms with Crippen molar-refractivity contribution in [3.63, 3.8) is 0 Å². The molecule has 2 aromatic carbocycles. The minimum atomic E-state index is -4.14. The van der Waals surface area contributed by atoms with Crippen LogP contribution in [-0.2, 0) is 16.4 Å². The molecule has 0 fully saturated rings. The number of furan rings is 1. The average molecular weight is 459 g/mol. The Bertz CT molecular complexity index is 1370. The summed E-state index contributed by atoms with van der Waals surface area (Å²) in [6, 6.07) is 11.9. The van der Waals surface area contributed by atoms with Crippen LogP contribution in [0.25, 0.3) is 11.0 Å². The highest BCUT2D eigenvalue weighted by molar-refractivity contribution is 7.91. The quantitative estimate of drug-likeness (QED) is 0.468. The third-order valence-electron chi connectivity index (χ3n) is 4.74. The number of carbonyl (C=O) groups is 1. The van der Waals surface area contributed by atoms with Gasteiger partial charge in [0.15, 0.2) is 11.3 Å². The number of hydrogen-bond acceptors (Lipinski definition) is 5. The molecule has 9 heteroatoms. The van der Waals surface area contributed by atoms with E-state index in [1.165, 1.54) is 49.5 Å². The first-order valence-corrected chi connectivity index (χ1v) is 11.0. The molecule has 2 aromatic heterocycles. The topological polar surface area (TPSA) is 89.3 Å². The standard InChI is InChI=1S/C22H16ClFN2O4S/c1-13-2-7-17(23)21(20(13)24)31(28,29)16-5-3-14(4-6-16)11-26-22(27)18-10-15-8-9-25-12-19(15)30-18/h2-10,12H,11H2,1H3,(H,26,27). The summed E-state index contributed by atoms with van der Waals surface area (Å²) in [6.07, 6.45) is 3.12. The molecule has 0 bridgehead atoms. The van der Waals surface area contributed by atoms with Crippen LogP contribution in [0.5, 0.6) is 0 Å². The molecule has 0 aliphatic heterocycles. The molecule has 6 nitrogen and oxygen atoms in total. The van der Waals surface area contributed by atoms with E-state index >= 15 is 0 Å². The molecule has 2 heterocycles. The fraction of sp³-hybridized carbons (Fsp3) is 0.0909. The van der Waals surface area contributed by atoms with Gasteiger partial charge in [0, 0.05) is 18.1 Å². The number of fused-ring (bicyclic) bond motifs is 1. The lowest BCUT2D eigenvalue weighted by atomic mass is 10.2. The molecule has 1 amide bonds. The number of amides is 1. The average Bonchev–Trinajstić information content (AvgIpc) is 3.19. The SMILES string of the molecule is Cc1ccc(Cl)c(S(=O)(=O)c2ccc(CNC(=O)c3cc4ccncc4o3)cc2)c1F. The van der Waals surface area contributed by atoms with Gasteiger partial charge in [0.25, 0.3) is 5.91 Å². The summed E-state index contributed by atoms with van der Waals surface area (Å²) < 4.78 is 45.6. The predicted molar refractivity (Wildman–Crippen MR) is 113 cm³/mol. The van der Waals surface area contributed by atoms with Gasteiger partial charge in [-0.05, 0) is 48.4 Å². The number of nitrogens with zero attached hydrogens (tertiary/aromatic N) is 1. The van der Waals surface area contributed by atoms with Crippen molar-refractivity contribution in [2.45, 2.75) is 23.3 Å².